The van der Waals surface area contributed by atoms with Crippen molar-refractivity contribution in [3.05, 3.63) is 41.7 Å². The lowest BCUT2D eigenvalue weighted by Crippen LogP contribution is -2.30. The van der Waals surface area contributed by atoms with E-state index < -0.39 is 0 Å². The molecule has 0 saturated carbocycles. The van der Waals surface area contributed by atoms with Crippen LogP contribution in [0.3, 0.4) is 0 Å². The highest BCUT2D eigenvalue weighted by molar-refractivity contribution is 6.14. The molecule has 3 rings (SSSR count). The van der Waals surface area contributed by atoms with E-state index in [1.807, 2.05) is 24.4 Å². The number of nitrogens with zero attached hydrogens (tertiary/aromatic N) is 2. The van der Waals surface area contributed by atoms with Crippen LogP contribution in [0.15, 0.2) is 36.2 Å². The Morgan fingerprint density at radius 1 is 1.23 bits per heavy atom. The van der Waals surface area contributed by atoms with Gasteiger partial charge >= 0.3 is 6.03 Å². The molecule has 1 fully saturated rings. The van der Waals surface area contributed by atoms with Gasteiger partial charge in [0, 0.05) is 35.2 Å². The summed E-state index contributed by atoms with van der Waals surface area (Å²) in [5.74, 6) is -0.270. The molecule has 0 atom stereocenters. The first-order valence-electron chi connectivity index (χ1n) is 7.47. The van der Waals surface area contributed by atoms with Gasteiger partial charge in [0.2, 0.25) is 0 Å². The van der Waals surface area contributed by atoms with E-state index in [9.17, 15) is 9.59 Å². The third-order valence-electron chi connectivity index (χ3n) is 3.91. The van der Waals surface area contributed by atoms with E-state index in [0.29, 0.717) is 18.3 Å². The Bertz CT molecular complexity index is 786. The van der Waals surface area contributed by atoms with Gasteiger partial charge in [-0.2, -0.15) is 0 Å². The number of imide groups is 1. The Morgan fingerprint density at radius 2 is 1.95 bits per heavy atom. The summed E-state index contributed by atoms with van der Waals surface area (Å²) in [7, 11) is 0. The number of urea groups is 1. The zero-order valence-corrected chi connectivity index (χ0v) is 13.0. The number of carbonyl (C=O) groups is 2. The standard InChI is InChI=1S/C17H19N3O2/c1-4-19-16(21)14(18-17(19)22)9-12-10-20(11(2)3)15-8-6-5-7-13(12)15/h5-11H,4H2,1-3H3,(H,18,22). The van der Waals surface area contributed by atoms with Crippen LogP contribution in [-0.4, -0.2) is 28.0 Å². The smallest absolute Gasteiger partial charge is 0.328 e. The number of nitrogens with one attached hydrogen (secondary N) is 1. The van der Waals surface area contributed by atoms with E-state index in [-0.39, 0.29) is 11.9 Å². The largest absolute Gasteiger partial charge is 0.344 e. The van der Waals surface area contributed by atoms with Gasteiger partial charge in [0.15, 0.2) is 0 Å². The van der Waals surface area contributed by atoms with Gasteiger partial charge in [-0.1, -0.05) is 18.2 Å². The van der Waals surface area contributed by atoms with Gasteiger partial charge in [-0.05, 0) is 32.9 Å². The van der Waals surface area contributed by atoms with Crippen molar-refractivity contribution in [1.82, 2.24) is 14.8 Å². The molecular formula is C17H19N3O2. The molecule has 0 unspecified atom stereocenters. The predicted molar refractivity (Wildman–Crippen MR) is 86.2 cm³/mol. The first-order valence-corrected chi connectivity index (χ1v) is 7.47. The Kier molecular flexibility index (Phi) is 3.48. The first kappa shape index (κ1) is 14.4. The van der Waals surface area contributed by atoms with Gasteiger partial charge in [-0.25, -0.2) is 4.79 Å². The minimum Gasteiger partial charge on any atom is -0.344 e. The Morgan fingerprint density at radius 3 is 2.59 bits per heavy atom. The number of carbonyl (C=O) groups excluding carboxylic acids is 2. The molecule has 1 aliphatic heterocycles. The minimum absolute atomic E-state index is 0.270. The number of amides is 3. The van der Waals surface area contributed by atoms with Crippen LogP contribution in [-0.2, 0) is 4.79 Å². The second kappa shape index (κ2) is 5.33. The third kappa shape index (κ3) is 2.19. The molecule has 114 valence electrons. The fourth-order valence-electron chi connectivity index (χ4n) is 2.79. The van der Waals surface area contributed by atoms with Crippen LogP contribution in [0.5, 0.6) is 0 Å². The highest BCUT2D eigenvalue weighted by Crippen LogP contribution is 2.27. The molecule has 0 bridgehead atoms. The number of hydrogen-bond donors (Lipinski definition) is 1. The molecular weight excluding hydrogens is 278 g/mol. The molecule has 0 spiro atoms. The second-order valence-corrected chi connectivity index (χ2v) is 5.64. The topological polar surface area (TPSA) is 54.3 Å². The fourth-order valence-corrected chi connectivity index (χ4v) is 2.79. The van der Waals surface area contributed by atoms with E-state index in [1.165, 1.54) is 4.90 Å². The molecule has 2 aromatic rings. The molecule has 1 N–H and O–H groups in total. The highest BCUT2D eigenvalue weighted by atomic mass is 16.2. The summed E-state index contributed by atoms with van der Waals surface area (Å²) in [6.07, 6.45) is 3.79. The second-order valence-electron chi connectivity index (χ2n) is 5.64. The molecule has 3 amide bonds. The lowest BCUT2D eigenvalue weighted by molar-refractivity contribution is -0.122. The molecule has 1 aromatic heterocycles. The number of likely N-dealkylation sites (N-methyl/N-ethyl adjacent to an activating group) is 1. The molecule has 5 heteroatoms. The maximum absolute atomic E-state index is 12.2. The number of para-hydroxylation sites is 1. The van der Waals surface area contributed by atoms with Gasteiger partial charge in [-0.3, -0.25) is 9.69 Å². The lowest BCUT2D eigenvalue weighted by Gasteiger charge is -2.08. The van der Waals surface area contributed by atoms with Crippen LogP contribution in [0.2, 0.25) is 0 Å². The summed E-state index contributed by atoms with van der Waals surface area (Å²) in [5.41, 5.74) is 2.39. The van der Waals surface area contributed by atoms with E-state index >= 15 is 0 Å². The predicted octanol–water partition coefficient (Wildman–Crippen LogP) is 3.13. The number of benzene rings is 1. The molecule has 5 nitrogen and oxygen atoms in total. The zero-order valence-electron chi connectivity index (χ0n) is 13.0. The summed E-state index contributed by atoms with van der Waals surface area (Å²) in [5, 5.41) is 3.72. The fraction of sp³-hybridized carbons (Fsp3) is 0.294. The van der Waals surface area contributed by atoms with Crippen LogP contribution in [0.25, 0.3) is 17.0 Å². The van der Waals surface area contributed by atoms with Gasteiger partial charge in [0.1, 0.15) is 5.70 Å². The third-order valence-corrected chi connectivity index (χ3v) is 3.91. The first-order chi connectivity index (χ1) is 10.5. The summed E-state index contributed by atoms with van der Waals surface area (Å²) < 4.78 is 2.17. The van der Waals surface area contributed by atoms with E-state index in [2.05, 4.69) is 29.8 Å². The molecule has 0 radical (unpaired) electrons. The van der Waals surface area contributed by atoms with Gasteiger partial charge < -0.3 is 9.88 Å². The molecule has 2 heterocycles. The van der Waals surface area contributed by atoms with Crippen molar-refractivity contribution in [1.29, 1.82) is 0 Å². The number of hydrogen-bond acceptors (Lipinski definition) is 2. The van der Waals surface area contributed by atoms with Crippen molar-refractivity contribution >= 4 is 28.9 Å². The highest BCUT2D eigenvalue weighted by Gasteiger charge is 2.32. The van der Waals surface area contributed by atoms with Crippen molar-refractivity contribution in [3.8, 4) is 0 Å². The maximum atomic E-state index is 12.2. The van der Waals surface area contributed by atoms with Crippen molar-refractivity contribution in [3.63, 3.8) is 0 Å². The monoisotopic (exact) mass is 297 g/mol. The molecule has 22 heavy (non-hydrogen) atoms. The van der Waals surface area contributed by atoms with Crippen LogP contribution in [0.4, 0.5) is 4.79 Å². The van der Waals surface area contributed by atoms with Crippen LogP contribution < -0.4 is 5.32 Å². The normalized spacial score (nSPS) is 17.1. The van der Waals surface area contributed by atoms with E-state index in [0.717, 1.165) is 16.5 Å². The van der Waals surface area contributed by atoms with E-state index in [4.69, 9.17) is 0 Å². The molecule has 0 aliphatic carbocycles. The summed E-state index contributed by atoms with van der Waals surface area (Å²) in [6.45, 7) is 6.39. The van der Waals surface area contributed by atoms with Crippen molar-refractivity contribution in [2.75, 3.05) is 6.54 Å². The molecule has 1 aromatic carbocycles. The van der Waals surface area contributed by atoms with Crippen LogP contribution in [0, 0.1) is 0 Å². The number of fused-ring (bicyclic) bond motifs is 1. The molecule has 1 saturated heterocycles. The summed E-state index contributed by atoms with van der Waals surface area (Å²) in [4.78, 5) is 25.1. The summed E-state index contributed by atoms with van der Waals surface area (Å²) in [6, 6.07) is 8.02. The number of aromatic nitrogens is 1. The van der Waals surface area contributed by atoms with Crippen molar-refractivity contribution < 1.29 is 9.59 Å². The van der Waals surface area contributed by atoms with Crippen LogP contribution in [0.1, 0.15) is 32.4 Å². The maximum Gasteiger partial charge on any atom is 0.328 e. The lowest BCUT2D eigenvalue weighted by atomic mass is 10.1. The SMILES string of the molecule is CCN1C(=O)NC(=Cc2cn(C(C)C)c3ccccc23)C1=O. The van der Waals surface area contributed by atoms with Gasteiger partial charge in [-0.15, -0.1) is 0 Å². The Hall–Kier alpha value is -2.56. The quantitative estimate of drug-likeness (QED) is 0.699. The minimum atomic E-state index is -0.355. The zero-order chi connectivity index (χ0) is 15.9. The molecule has 1 aliphatic rings. The summed E-state index contributed by atoms with van der Waals surface area (Å²) >= 11 is 0. The van der Waals surface area contributed by atoms with Crippen LogP contribution >= 0.6 is 0 Å². The Balaban J connectivity index is 2.10. The van der Waals surface area contributed by atoms with Gasteiger partial charge in [0.05, 0.1) is 0 Å². The van der Waals surface area contributed by atoms with Gasteiger partial charge in [0.25, 0.3) is 5.91 Å². The average molecular weight is 297 g/mol. The van der Waals surface area contributed by atoms with E-state index in [1.54, 1.807) is 13.0 Å². The van der Waals surface area contributed by atoms with Crippen molar-refractivity contribution in [2.45, 2.75) is 26.8 Å². The van der Waals surface area contributed by atoms with Crippen molar-refractivity contribution in [2.24, 2.45) is 0 Å². The average Bonchev–Trinajstić information content (AvgIpc) is 2.98. The Labute approximate surface area is 129 Å². The number of rotatable bonds is 3.